The lowest BCUT2D eigenvalue weighted by atomic mass is 10.0. The van der Waals surface area contributed by atoms with Gasteiger partial charge in [0.15, 0.2) is 0 Å². The Morgan fingerprint density at radius 1 is 1.35 bits per heavy atom. The minimum atomic E-state index is 0.215. The van der Waals surface area contributed by atoms with Crippen molar-refractivity contribution in [2.45, 2.75) is 32.9 Å². The minimum Gasteiger partial charge on any atom is -0.496 e. The summed E-state index contributed by atoms with van der Waals surface area (Å²) in [5.41, 5.74) is 3.49. The first kappa shape index (κ1) is 14.6. The third-order valence-corrected chi connectivity index (χ3v) is 3.56. The first-order valence-corrected chi connectivity index (χ1v) is 7.03. The van der Waals surface area contributed by atoms with Gasteiger partial charge in [0, 0.05) is 30.3 Å². The van der Waals surface area contributed by atoms with Crippen molar-refractivity contribution in [1.29, 1.82) is 0 Å². The second-order valence-electron chi connectivity index (χ2n) is 4.88. The molecule has 1 aromatic heterocycles. The fourth-order valence-electron chi connectivity index (χ4n) is 2.57. The molecule has 2 aromatic rings. The van der Waals surface area contributed by atoms with Crippen molar-refractivity contribution in [3.63, 3.8) is 0 Å². The average Bonchev–Trinajstić information content (AvgIpc) is 2.84. The van der Waals surface area contributed by atoms with Crippen molar-refractivity contribution in [2.75, 3.05) is 14.2 Å². The predicted molar refractivity (Wildman–Crippen MR) is 81.1 cm³/mol. The van der Waals surface area contributed by atoms with Gasteiger partial charge in [-0.1, -0.05) is 18.2 Å². The van der Waals surface area contributed by atoms with Crippen LogP contribution in [0.25, 0.3) is 0 Å². The Bertz CT molecular complexity index is 563. The summed E-state index contributed by atoms with van der Waals surface area (Å²) in [4.78, 5) is 0. The molecule has 2 rings (SSSR count). The first-order valence-electron chi connectivity index (χ1n) is 7.03. The smallest absolute Gasteiger partial charge is 0.123 e. The van der Waals surface area contributed by atoms with E-state index in [0.29, 0.717) is 0 Å². The summed E-state index contributed by atoms with van der Waals surface area (Å²) in [6.45, 7) is 5.05. The van der Waals surface area contributed by atoms with E-state index < -0.39 is 0 Å². The number of aryl methyl sites for hydroxylation is 2. The van der Waals surface area contributed by atoms with Crippen LogP contribution in [-0.2, 0) is 13.0 Å². The van der Waals surface area contributed by atoms with Gasteiger partial charge in [0.1, 0.15) is 5.75 Å². The van der Waals surface area contributed by atoms with Crippen LogP contribution in [0.2, 0.25) is 0 Å². The Morgan fingerprint density at radius 2 is 2.10 bits per heavy atom. The van der Waals surface area contributed by atoms with Gasteiger partial charge < -0.3 is 10.1 Å². The van der Waals surface area contributed by atoms with Gasteiger partial charge in [0.25, 0.3) is 0 Å². The number of hydrogen-bond acceptors (Lipinski definition) is 3. The number of nitrogens with zero attached hydrogens (tertiary/aromatic N) is 2. The number of aromatic nitrogens is 2. The van der Waals surface area contributed by atoms with Crippen LogP contribution in [0.5, 0.6) is 5.75 Å². The molecular formula is C16H23N3O. The van der Waals surface area contributed by atoms with Crippen molar-refractivity contribution < 1.29 is 4.74 Å². The zero-order valence-electron chi connectivity index (χ0n) is 12.7. The van der Waals surface area contributed by atoms with Crippen LogP contribution in [0.15, 0.2) is 30.3 Å². The summed E-state index contributed by atoms with van der Waals surface area (Å²) in [5.74, 6) is 0.922. The molecule has 0 aliphatic carbocycles. The molecular weight excluding hydrogens is 250 g/mol. The molecule has 0 radical (unpaired) electrons. The van der Waals surface area contributed by atoms with E-state index in [1.165, 1.54) is 11.3 Å². The maximum atomic E-state index is 5.47. The van der Waals surface area contributed by atoms with Crippen LogP contribution in [0.4, 0.5) is 0 Å². The molecule has 0 aliphatic rings. The summed E-state index contributed by atoms with van der Waals surface area (Å²) in [7, 11) is 3.70. The lowest BCUT2D eigenvalue weighted by Gasteiger charge is -2.19. The number of para-hydroxylation sites is 1. The van der Waals surface area contributed by atoms with Gasteiger partial charge in [-0.3, -0.25) is 4.68 Å². The van der Waals surface area contributed by atoms with Gasteiger partial charge >= 0.3 is 0 Å². The predicted octanol–water partition coefficient (Wildman–Crippen LogP) is 2.72. The van der Waals surface area contributed by atoms with E-state index in [1.54, 1.807) is 7.11 Å². The highest BCUT2D eigenvalue weighted by Crippen LogP contribution is 2.27. The molecule has 0 bridgehead atoms. The third-order valence-electron chi connectivity index (χ3n) is 3.56. The molecule has 1 N–H and O–H groups in total. The van der Waals surface area contributed by atoms with E-state index in [-0.39, 0.29) is 6.04 Å². The van der Waals surface area contributed by atoms with Gasteiger partial charge in [-0.15, -0.1) is 0 Å². The van der Waals surface area contributed by atoms with E-state index in [9.17, 15) is 0 Å². The molecule has 108 valence electrons. The van der Waals surface area contributed by atoms with E-state index in [1.807, 2.05) is 32.2 Å². The number of rotatable bonds is 6. The summed E-state index contributed by atoms with van der Waals surface area (Å²) in [6.07, 6.45) is 0.894. The Morgan fingerprint density at radius 3 is 2.75 bits per heavy atom. The second kappa shape index (κ2) is 6.57. The Kier molecular flexibility index (Phi) is 4.79. The monoisotopic (exact) mass is 273 g/mol. The molecule has 0 saturated carbocycles. The van der Waals surface area contributed by atoms with Crippen LogP contribution in [0.1, 0.15) is 29.9 Å². The van der Waals surface area contributed by atoms with E-state index in [4.69, 9.17) is 4.74 Å². The largest absolute Gasteiger partial charge is 0.496 e. The Labute approximate surface area is 120 Å². The van der Waals surface area contributed by atoms with Gasteiger partial charge in [-0.25, -0.2) is 0 Å². The van der Waals surface area contributed by atoms with E-state index in [2.05, 4.69) is 34.2 Å². The van der Waals surface area contributed by atoms with Crippen LogP contribution in [0.3, 0.4) is 0 Å². The van der Waals surface area contributed by atoms with Gasteiger partial charge in [0.2, 0.25) is 0 Å². The molecule has 0 amide bonds. The molecule has 0 spiro atoms. The van der Waals surface area contributed by atoms with E-state index in [0.717, 1.165) is 24.4 Å². The van der Waals surface area contributed by atoms with Crippen molar-refractivity contribution in [3.05, 3.63) is 47.3 Å². The quantitative estimate of drug-likeness (QED) is 0.879. The number of likely N-dealkylation sites (N-methyl/N-ethyl adjacent to an activating group) is 1. The molecule has 4 nitrogen and oxygen atoms in total. The Balaban J connectivity index is 2.28. The number of hydrogen-bond donors (Lipinski definition) is 1. The molecule has 0 saturated heterocycles. The zero-order chi connectivity index (χ0) is 14.5. The molecule has 1 aromatic carbocycles. The lowest BCUT2D eigenvalue weighted by Crippen LogP contribution is -2.21. The highest BCUT2D eigenvalue weighted by Gasteiger charge is 2.17. The van der Waals surface area contributed by atoms with Crippen LogP contribution in [0, 0.1) is 6.92 Å². The number of benzene rings is 1. The molecule has 0 fully saturated rings. The topological polar surface area (TPSA) is 39.1 Å². The van der Waals surface area contributed by atoms with Crippen molar-refractivity contribution in [2.24, 2.45) is 0 Å². The maximum Gasteiger partial charge on any atom is 0.123 e. The number of ether oxygens (including phenoxy) is 1. The summed E-state index contributed by atoms with van der Waals surface area (Å²) in [6, 6.07) is 10.5. The average molecular weight is 273 g/mol. The van der Waals surface area contributed by atoms with Gasteiger partial charge in [0.05, 0.1) is 12.8 Å². The summed E-state index contributed by atoms with van der Waals surface area (Å²) in [5, 5.41) is 7.89. The van der Waals surface area contributed by atoms with Crippen molar-refractivity contribution in [3.8, 4) is 5.75 Å². The molecule has 20 heavy (non-hydrogen) atoms. The van der Waals surface area contributed by atoms with Gasteiger partial charge in [-0.2, -0.15) is 5.10 Å². The second-order valence-corrected chi connectivity index (χ2v) is 4.88. The highest BCUT2D eigenvalue weighted by atomic mass is 16.5. The summed E-state index contributed by atoms with van der Waals surface area (Å²) < 4.78 is 7.53. The fourth-order valence-corrected chi connectivity index (χ4v) is 2.57. The SMILES string of the molecule is CCn1nc(C)cc1CC(NC)c1ccccc1OC. The third kappa shape index (κ3) is 3.02. The minimum absolute atomic E-state index is 0.215. The lowest BCUT2D eigenvalue weighted by molar-refractivity contribution is 0.400. The van der Waals surface area contributed by atoms with Crippen molar-refractivity contribution >= 4 is 0 Å². The van der Waals surface area contributed by atoms with Crippen LogP contribution in [-0.4, -0.2) is 23.9 Å². The molecule has 1 heterocycles. The van der Waals surface area contributed by atoms with Gasteiger partial charge in [-0.05, 0) is 33.0 Å². The molecule has 1 unspecified atom stereocenters. The molecule has 1 atom stereocenters. The highest BCUT2D eigenvalue weighted by molar-refractivity contribution is 5.36. The summed E-state index contributed by atoms with van der Waals surface area (Å²) >= 11 is 0. The van der Waals surface area contributed by atoms with E-state index >= 15 is 0 Å². The number of nitrogens with one attached hydrogen (secondary N) is 1. The normalized spacial score (nSPS) is 12.4. The fraction of sp³-hybridized carbons (Fsp3) is 0.438. The van der Waals surface area contributed by atoms with Crippen LogP contribution < -0.4 is 10.1 Å². The Hall–Kier alpha value is -1.81. The van der Waals surface area contributed by atoms with Crippen molar-refractivity contribution in [1.82, 2.24) is 15.1 Å². The molecule has 0 aliphatic heterocycles. The zero-order valence-corrected chi connectivity index (χ0v) is 12.7. The number of methoxy groups -OCH3 is 1. The van der Waals surface area contributed by atoms with Crippen LogP contribution >= 0.6 is 0 Å². The first-order chi connectivity index (χ1) is 9.69. The standard InChI is InChI=1S/C16H23N3O/c1-5-19-13(10-12(2)18-19)11-15(17-3)14-8-6-7-9-16(14)20-4/h6-10,15,17H,5,11H2,1-4H3. The molecule has 4 heteroatoms. The maximum absolute atomic E-state index is 5.47.